The van der Waals surface area contributed by atoms with Gasteiger partial charge in [-0.05, 0) is 25.8 Å². The number of amides is 2. The molecule has 3 atom stereocenters. The third-order valence-corrected chi connectivity index (χ3v) is 4.11. The molecule has 1 aromatic carbocycles. The lowest BCUT2D eigenvalue weighted by atomic mass is 10.0. The molecule has 1 aliphatic rings. The molecule has 0 aliphatic carbocycles. The van der Waals surface area contributed by atoms with E-state index in [-0.39, 0.29) is 24.5 Å². The molecule has 2 amide bonds. The summed E-state index contributed by atoms with van der Waals surface area (Å²) in [6.45, 7) is 5.36. The Bertz CT molecular complexity index is 594. The van der Waals surface area contributed by atoms with Crippen molar-refractivity contribution in [3.63, 3.8) is 0 Å². The maximum atomic E-state index is 12.6. The number of rotatable bonds is 5. The first kappa shape index (κ1) is 17.2. The van der Waals surface area contributed by atoms with Crippen LogP contribution < -0.4 is 0 Å². The van der Waals surface area contributed by atoms with Gasteiger partial charge in [0.05, 0.1) is 12.1 Å². The third kappa shape index (κ3) is 4.20. The molecule has 0 spiro atoms. The Balaban J connectivity index is 2.14. The van der Waals surface area contributed by atoms with Crippen molar-refractivity contribution >= 4 is 12.0 Å². The van der Waals surface area contributed by atoms with E-state index in [1.807, 2.05) is 37.3 Å². The number of aliphatic hydroxyl groups excluding tert-OH is 1. The van der Waals surface area contributed by atoms with E-state index in [4.69, 9.17) is 4.74 Å². The highest BCUT2D eigenvalue weighted by Gasteiger charge is 2.38. The van der Waals surface area contributed by atoms with E-state index in [9.17, 15) is 14.7 Å². The van der Waals surface area contributed by atoms with Gasteiger partial charge in [0.1, 0.15) is 6.61 Å². The van der Waals surface area contributed by atoms with Crippen LogP contribution in [0.5, 0.6) is 0 Å². The van der Waals surface area contributed by atoms with Gasteiger partial charge in [-0.1, -0.05) is 43.3 Å². The molecule has 0 saturated carbocycles. The molecule has 1 aromatic rings. The maximum absolute atomic E-state index is 12.6. The van der Waals surface area contributed by atoms with E-state index in [0.29, 0.717) is 12.0 Å². The van der Waals surface area contributed by atoms with Crippen molar-refractivity contribution in [1.82, 2.24) is 4.90 Å². The van der Waals surface area contributed by atoms with Crippen LogP contribution in [0.25, 0.3) is 0 Å². The van der Waals surface area contributed by atoms with E-state index in [1.165, 1.54) is 4.90 Å². The van der Waals surface area contributed by atoms with Crippen LogP contribution in [0.2, 0.25) is 0 Å². The molecule has 1 N–H and O–H groups in total. The smallest absolute Gasteiger partial charge is 0.417 e. The molecule has 5 nitrogen and oxygen atoms in total. The predicted molar refractivity (Wildman–Crippen MR) is 86.7 cm³/mol. The van der Waals surface area contributed by atoms with Crippen molar-refractivity contribution in [2.24, 2.45) is 5.92 Å². The minimum absolute atomic E-state index is 0.162. The topological polar surface area (TPSA) is 66.8 Å². The number of aliphatic hydroxyl groups is 1. The van der Waals surface area contributed by atoms with Crippen molar-refractivity contribution in [3.05, 3.63) is 47.5 Å². The third-order valence-electron chi connectivity index (χ3n) is 4.11. The maximum Gasteiger partial charge on any atom is 0.417 e. The van der Waals surface area contributed by atoms with Gasteiger partial charge in [0.2, 0.25) is 0 Å². The number of carbonyl (C=O) groups is 2. The molecule has 0 unspecified atom stereocenters. The van der Waals surface area contributed by atoms with Gasteiger partial charge in [0.15, 0.2) is 0 Å². The molecule has 1 saturated heterocycles. The lowest BCUT2D eigenvalue weighted by molar-refractivity contribution is -0.125. The zero-order valence-corrected chi connectivity index (χ0v) is 13.7. The number of nitrogens with zero attached hydrogens (tertiary/aromatic N) is 1. The highest BCUT2D eigenvalue weighted by atomic mass is 16.6. The van der Waals surface area contributed by atoms with Crippen molar-refractivity contribution in [3.8, 4) is 0 Å². The monoisotopic (exact) mass is 317 g/mol. The van der Waals surface area contributed by atoms with Crippen LogP contribution in [0.15, 0.2) is 42.0 Å². The van der Waals surface area contributed by atoms with Gasteiger partial charge in [0, 0.05) is 11.5 Å². The molecule has 1 aliphatic heterocycles. The summed E-state index contributed by atoms with van der Waals surface area (Å²) in [5, 5.41) is 9.55. The summed E-state index contributed by atoms with van der Waals surface area (Å²) in [6.07, 6.45) is 1.10. The number of hydrogen-bond acceptors (Lipinski definition) is 4. The zero-order valence-electron chi connectivity index (χ0n) is 13.7. The molecule has 2 rings (SSSR count). The molecular formula is C18H23NO4. The fourth-order valence-electron chi connectivity index (χ4n) is 2.54. The highest BCUT2D eigenvalue weighted by molar-refractivity contribution is 6.03. The Morgan fingerprint density at radius 2 is 2.04 bits per heavy atom. The van der Waals surface area contributed by atoms with Crippen LogP contribution in [0.4, 0.5) is 4.79 Å². The van der Waals surface area contributed by atoms with E-state index >= 15 is 0 Å². The Kier molecular flexibility index (Phi) is 5.55. The molecular weight excluding hydrogens is 294 g/mol. The summed E-state index contributed by atoms with van der Waals surface area (Å²) in [4.78, 5) is 25.7. The van der Waals surface area contributed by atoms with Crippen molar-refractivity contribution < 1.29 is 19.4 Å². The summed E-state index contributed by atoms with van der Waals surface area (Å²) >= 11 is 0. The molecule has 1 heterocycles. The molecule has 1 fully saturated rings. The molecule has 0 bridgehead atoms. The van der Waals surface area contributed by atoms with Crippen LogP contribution in [0.3, 0.4) is 0 Å². The van der Waals surface area contributed by atoms with Gasteiger partial charge in [-0.15, -0.1) is 0 Å². The second-order valence-corrected chi connectivity index (χ2v) is 6.05. The van der Waals surface area contributed by atoms with Gasteiger partial charge < -0.3 is 9.84 Å². The molecule has 5 heteroatoms. The quantitative estimate of drug-likeness (QED) is 0.848. The van der Waals surface area contributed by atoms with E-state index < -0.39 is 12.2 Å². The molecule has 124 valence electrons. The SMILES string of the molecule is C/C(=C\[C@H](C)[C@@H](C)O)C(=O)N1C(=O)OC[C@@H]1Cc1ccccc1. The molecule has 23 heavy (non-hydrogen) atoms. The molecule has 0 radical (unpaired) electrons. The Hall–Kier alpha value is -2.14. The second-order valence-electron chi connectivity index (χ2n) is 6.05. The highest BCUT2D eigenvalue weighted by Crippen LogP contribution is 2.20. The first-order valence-electron chi connectivity index (χ1n) is 7.81. The Morgan fingerprint density at radius 1 is 1.39 bits per heavy atom. The van der Waals surface area contributed by atoms with Crippen LogP contribution in [0.1, 0.15) is 26.3 Å². The second kappa shape index (κ2) is 7.42. The number of ether oxygens (including phenoxy) is 1. The molecule has 0 aromatic heterocycles. The minimum atomic E-state index is -0.603. The average molecular weight is 317 g/mol. The summed E-state index contributed by atoms with van der Waals surface area (Å²) < 4.78 is 5.06. The van der Waals surface area contributed by atoms with Gasteiger partial charge >= 0.3 is 6.09 Å². The van der Waals surface area contributed by atoms with Crippen LogP contribution in [-0.2, 0) is 16.0 Å². The van der Waals surface area contributed by atoms with Crippen molar-refractivity contribution in [2.75, 3.05) is 6.61 Å². The largest absolute Gasteiger partial charge is 0.447 e. The van der Waals surface area contributed by atoms with Crippen LogP contribution >= 0.6 is 0 Å². The summed E-state index contributed by atoms with van der Waals surface area (Å²) in [6, 6.07) is 9.39. The van der Waals surface area contributed by atoms with Gasteiger partial charge in [-0.2, -0.15) is 0 Å². The zero-order chi connectivity index (χ0) is 17.0. The van der Waals surface area contributed by atoms with Crippen molar-refractivity contribution in [1.29, 1.82) is 0 Å². The lowest BCUT2D eigenvalue weighted by Crippen LogP contribution is -2.40. The van der Waals surface area contributed by atoms with E-state index in [0.717, 1.165) is 5.56 Å². The van der Waals surface area contributed by atoms with Crippen LogP contribution in [0, 0.1) is 5.92 Å². The first-order valence-corrected chi connectivity index (χ1v) is 7.81. The van der Waals surface area contributed by atoms with Gasteiger partial charge in [0.25, 0.3) is 5.91 Å². The number of imide groups is 1. The number of carbonyl (C=O) groups excluding carboxylic acids is 2. The predicted octanol–water partition coefficient (Wildman–Crippen LogP) is 2.54. The van der Waals surface area contributed by atoms with Crippen molar-refractivity contribution in [2.45, 2.75) is 39.3 Å². The standard InChI is InChI=1S/C18H23NO4/c1-12(14(3)20)9-13(2)17(21)19-16(11-23-18(19)22)10-15-7-5-4-6-8-15/h4-9,12,14,16,20H,10-11H2,1-3H3/b13-9+/t12-,14+,16-/m0/s1. The van der Waals surface area contributed by atoms with Gasteiger partial charge in [-0.25, -0.2) is 9.69 Å². The fraction of sp³-hybridized carbons (Fsp3) is 0.444. The normalized spacial score (nSPS) is 21.0. The lowest BCUT2D eigenvalue weighted by Gasteiger charge is -2.21. The van der Waals surface area contributed by atoms with Crippen LogP contribution in [-0.4, -0.2) is 40.8 Å². The minimum Gasteiger partial charge on any atom is -0.447 e. The fourth-order valence-corrected chi connectivity index (χ4v) is 2.54. The Morgan fingerprint density at radius 3 is 2.65 bits per heavy atom. The number of benzene rings is 1. The summed E-state index contributed by atoms with van der Waals surface area (Å²) in [5.41, 5.74) is 1.49. The summed E-state index contributed by atoms with van der Waals surface area (Å²) in [7, 11) is 0. The van der Waals surface area contributed by atoms with E-state index in [1.54, 1.807) is 19.9 Å². The van der Waals surface area contributed by atoms with Gasteiger partial charge in [-0.3, -0.25) is 4.79 Å². The summed E-state index contributed by atoms with van der Waals surface area (Å²) in [5.74, 6) is -0.522. The first-order chi connectivity index (χ1) is 10.9. The average Bonchev–Trinajstić information content (AvgIpc) is 2.88. The Labute approximate surface area is 136 Å². The van der Waals surface area contributed by atoms with E-state index in [2.05, 4.69) is 0 Å². The number of hydrogen-bond donors (Lipinski definition) is 1. The number of cyclic esters (lactones) is 1.